The van der Waals surface area contributed by atoms with Gasteiger partial charge in [0.15, 0.2) is 0 Å². The topological polar surface area (TPSA) is 0 Å². The van der Waals surface area contributed by atoms with E-state index >= 15 is 0 Å². The van der Waals surface area contributed by atoms with Crippen LogP contribution in [-0.4, -0.2) is 0 Å². The molecule has 0 spiro atoms. The second-order valence-electron chi connectivity index (χ2n) is 3.98. The molecule has 0 rings (SSSR count). The molecule has 0 aromatic rings. The summed E-state index contributed by atoms with van der Waals surface area (Å²) in [5.41, 5.74) is 0. The molecule has 0 aliphatic rings. The van der Waals surface area contributed by atoms with E-state index < -0.39 is 0 Å². The number of unbranched alkanes of at least 4 members (excludes halogenated alkanes) is 3. The van der Waals surface area contributed by atoms with Gasteiger partial charge < -0.3 is 0 Å². The van der Waals surface area contributed by atoms with Crippen LogP contribution in [0.1, 0.15) is 80.6 Å². The van der Waals surface area contributed by atoms with Crippen molar-refractivity contribution in [2.24, 2.45) is 5.92 Å². The molecule has 0 fully saturated rings. The van der Waals surface area contributed by atoms with Crippen LogP contribution < -0.4 is 0 Å². The Kier molecular flexibility index (Phi) is 53.9. The van der Waals surface area contributed by atoms with E-state index in [0.29, 0.717) is 0 Å². The first-order valence-electron chi connectivity index (χ1n) is 7.33. The Hall–Kier alpha value is -0.520. The van der Waals surface area contributed by atoms with E-state index in [2.05, 4.69) is 47.8 Å². The minimum absolute atomic E-state index is 0.884. The first-order chi connectivity index (χ1) is 8.10. The van der Waals surface area contributed by atoms with Gasteiger partial charge in [-0.2, -0.15) is 0 Å². The van der Waals surface area contributed by atoms with Gasteiger partial charge in [0, 0.05) is 0 Å². The summed E-state index contributed by atoms with van der Waals surface area (Å²) in [5, 5.41) is 0. The Morgan fingerprint density at radius 1 is 0.824 bits per heavy atom. The highest BCUT2D eigenvalue weighted by atomic mass is 13.9. The molecule has 0 unspecified atom stereocenters. The molecule has 0 heteroatoms. The Morgan fingerprint density at radius 3 is 1.12 bits per heavy atom. The standard InChI is InChI=1S/C6H14.C5H12.C4H6.C2H6/c1-3-5-6-4-2;1-4-5(2)3;1-3-4-2;1-2/h3-6H2,1-2H3;5H,4H2,1-3H3;3-4H,1-2H2;1-2H3. The van der Waals surface area contributed by atoms with Crippen LogP contribution in [0.2, 0.25) is 0 Å². The highest BCUT2D eigenvalue weighted by molar-refractivity contribution is 4.88. The summed E-state index contributed by atoms with van der Waals surface area (Å²) in [5.74, 6) is 0.884. The average molecular weight is 242 g/mol. The van der Waals surface area contributed by atoms with Crippen LogP contribution in [0.4, 0.5) is 0 Å². The molecule has 0 amide bonds. The fraction of sp³-hybridized carbons (Fsp3) is 0.765. The summed E-state index contributed by atoms with van der Waals surface area (Å²) in [6.07, 6.45) is 10.1. The predicted octanol–water partition coefficient (Wildman–Crippen LogP) is 7.02. The van der Waals surface area contributed by atoms with E-state index in [1.807, 2.05) is 13.8 Å². The molecule has 17 heavy (non-hydrogen) atoms. The van der Waals surface area contributed by atoms with Crippen LogP contribution in [0.3, 0.4) is 0 Å². The molecule has 0 bridgehead atoms. The molecule has 0 radical (unpaired) electrons. The number of hydrogen-bond donors (Lipinski definition) is 0. The molecule has 0 aromatic heterocycles. The van der Waals surface area contributed by atoms with Crippen molar-refractivity contribution < 1.29 is 0 Å². The molecule has 0 saturated carbocycles. The Morgan fingerprint density at radius 2 is 1.06 bits per heavy atom. The Bertz CT molecular complexity index is 90.6. The van der Waals surface area contributed by atoms with Crippen LogP contribution in [-0.2, 0) is 0 Å². The maximum Gasteiger partial charge on any atom is -0.0474 e. The van der Waals surface area contributed by atoms with Crippen molar-refractivity contribution in [3.63, 3.8) is 0 Å². The van der Waals surface area contributed by atoms with Gasteiger partial charge in [-0.15, -0.1) is 0 Å². The lowest BCUT2D eigenvalue weighted by Gasteiger charge is -1.90. The zero-order valence-electron chi connectivity index (χ0n) is 13.7. The molecule has 0 nitrogen and oxygen atoms in total. The van der Waals surface area contributed by atoms with Gasteiger partial charge in [-0.3, -0.25) is 0 Å². The van der Waals surface area contributed by atoms with Crippen LogP contribution in [0.25, 0.3) is 0 Å². The molecular weight excluding hydrogens is 204 g/mol. The lowest BCUT2D eigenvalue weighted by atomic mass is 10.2. The molecule has 0 aliphatic carbocycles. The van der Waals surface area contributed by atoms with Crippen molar-refractivity contribution in [3.05, 3.63) is 25.3 Å². The maximum absolute atomic E-state index is 3.36. The molecule has 106 valence electrons. The maximum atomic E-state index is 3.36. The van der Waals surface area contributed by atoms with Crippen molar-refractivity contribution >= 4 is 0 Å². The van der Waals surface area contributed by atoms with Crippen molar-refractivity contribution in [1.29, 1.82) is 0 Å². The molecule has 0 aliphatic heterocycles. The van der Waals surface area contributed by atoms with E-state index in [4.69, 9.17) is 0 Å². The fourth-order valence-corrected chi connectivity index (χ4v) is 0.500. The van der Waals surface area contributed by atoms with Gasteiger partial charge in [-0.05, 0) is 5.92 Å². The highest BCUT2D eigenvalue weighted by Crippen LogP contribution is 1.95. The smallest absolute Gasteiger partial charge is 0.0474 e. The average Bonchev–Trinajstić information content (AvgIpc) is 2.39. The minimum atomic E-state index is 0.884. The first kappa shape index (κ1) is 25.4. The van der Waals surface area contributed by atoms with Gasteiger partial charge in [0.1, 0.15) is 0 Å². The van der Waals surface area contributed by atoms with Crippen LogP contribution in [0.15, 0.2) is 25.3 Å². The lowest BCUT2D eigenvalue weighted by molar-refractivity contribution is 0.626. The van der Waals surface area contributed by atoms with Crippen molar-refractivity contribution in [3.8, 4) is 0 Å². The monoisotopic (exact) mass is 242 g/mol. The van der Waals surface area contributed by atoms with Gasteiger partial charge >= 0.3 is 0 Å². The predicted molar refractivity (Wildman–Crippen MR) is 86.7 cm³/mol. The Labute approximate surface area is 112 Å². The molecule has 0 N–H and O–H groups in total. The number of hydrogen-bond acceptors (Lipinski definition) is 0. The normalized spacial score (nSPS) is 7.53. The third-order valence-corrected chi connectivity index (χ3v) is 1.94. The summed E-state index contributed by atoms with van der Waals surface area (Å²) in [6, 6.07) is 0. The molecule has 0 atom stereocenters. The zero-order chi connectivity index (χ0) is 14.5. The second kappa shape index (κ2) is 36.1. The molecule has 0 saturated heterocycles. The molecule has 0 heterocycles. The summed E-state index contributed by atoms with van der Waals surface area (Å²) in [6.45, 7) is 21.8. The van der Waals surface area contributed by atoms with E-state index in [1.54, 1.807) is 12.2 Å². The third kappa shape index (κ3) is 93.7. The van der Waals surface area contributed by atoms with Crippen molar-refractivity contribution in [2.45, 2.75) is 80.6 Å². The summed E-state index contributed by atoms with van der Waals surface area (Å²) in [7, 11) is 0. The van der Waals surface area contributed by atoms with Gasteiger partial charge in [-0.25, -0.2) is 0 Å². The fourth-order valence-electron chi connectivity index (χ4n) is 0.500. The minimum Gasteiger partial charge on any atom is -0.0991 e. The number of allylic oxidation sites excluding steroid dienone is 2. The van der Waals surface area contributed by atoms with E-state index in [-0.39, 0.29) is 0 Å². The molecular formula is C17H38. The zero-order valence-corrected chi connectivity index (χ0v) is 13.7. The van der Waals surface area contributed by atoms with Gasteiger partial charge in [0.2, 0.25) is 0 Å². The van der Waals surface area contributed by atoms with Crippen LogP contribution >= 0.6 is 0 Å². The lowest BCUT2D eigenvalue weighted by Crippen LogP contribution is -1.77. The first-order valence-corrected chi connectivity index (χ1v) is 7.33. The largest absolute Gasteiger partial charge is 0.0991 e. The van der Waals surface area contributed by atoms with Crippen LogP contribution in [0, 0.1) is 5.92 Å². The van der Waals surface area contributed by atoms with Gasteiger partial charge in [0.05, 0.1) is 0 Å². The number of rotatable bonds is 5. The highest BCUT2D eigenvalue weighted by Gasteiger charge is 1.80. The SMILES string of the molecule is C=CC=C.CC.CCC(C)C.CCCCCC. The summed E-state index contributed by atoms with van der Waals surface area (Å²) >= 11 is 0. The molecule has 0 aromatic carbocycles. The van der Waals surface area contributed by atoms with Crippen LogP contribution in [0.5, 0.6) is 0 Å². The van der Waals surface area contributed by atoms with Gasteiger partial charge in [0.25, 0.3) is 0 Å². The summed E-state index contributed by atoms with van der Waals surface area (Å²) < 4.78 is 0. The van der Waals surface area contributed by atoms with E-state index in [0.717, 1.165) is 5.92 Å². The van der Waals surface area contributed by atoms with Crippen molar-refractivity contribution in [1.82, 2.24) is 0 Å². The van der Waals surface area contributed by atoms with Gasteiger partial charge in [-0.1, -0.05) is 106 Å². The third-order valence-electron chi connectivity index (χ3n) is 1.94. The Balaban J connectivity index is -0.0000000705. The quantitative estimate of drug-likeness (QED) is 0.359. The van der Waals surface area contributed by atoms with E-state index in [9.17, 15) is 0 Å². The summed E-state index contributed by atoms with van der Waals surface area (Å²) in [4.78, 5) is 0. The van der Waals surface area contributed by atoms with Crippen molar-refractivity contribution in [2.75, 3.05) is 0 Å². The van der Waals surface area contributed by atoms with E-state index in [1.165, 1.54) is 32.1 Å². The second-order valence-corrected chi connectivity index (χ2v) is 3.98.